The van der Waals surface area contributed by atoms with Gasteiger partial charge in [-0.1, -0.05) is 48.9 Å². The number of nitrogens with zero attached hydrogens (tertiary/aromatic N) is 4. The van der Waals surface area contributed by atoms with Crippen molar-refractivity contribution in [2.45, 2.75) is 27.2 Å². The average molecular weight is 343 g/mol. The van der Waals surface area contributed by atoms with Gasteiger partial charge in [0, 0.05) is 23.0 Å². The van der Waals surface area contributed by atoms with Crippen LogP contribution in [-0.2, 0) is 6.42 Å². The fraction of sp³-hybridized carbons (Fsp3) is 0.190. The van der Waals surface area contributed by atoms with Gasteiger partial charge in [-0.3, -0.25) is 0 Å². The van der Waals surface area contributed by atoms with Gasteiger partial charge in [-0.2, -0.15) is 9.50 Å². The summed E-state index contributed by atoms with van der Waals surface area (Å²) in [5, 5.41) is 8.10. The molecule has 2 aromatic carbocycles. The second-order valence-electron chi connectivity index (χ2n) is 6.47. The predicted octanol–water partition coefficient (Wildman–Crippen LogP) is 4.71. The maximum atomic E-state index is 4.66. The van der Waals surface area contributed by atoms with Gasteiger partial charge in [0.1, 0.15) is 5.82 Å². The Morgan fingerprint density at radius 1 is 0.923 bits per heavy atom. The van der Waals surface area contributed by atoms with Crippen molar-refractivity contribution in [3.8, 4) is 11.4 Å². The standard InChI is InChI=1S/C21H21N5/c1-4-16-7-11-18(12-8-16)23-19-13-15(3)22-21-24-20(25-26(19)21)17-9-5-14(2)6-10-17/h5-13,23H,4H2,1-3H3. The minimum atomic E-state index is 0.591. The van der Waals surface area contributed by atoms with Crippen LogP contribution < -0.4 is 5.32 Å². The molecule has 0 amide bonds. The van der Waals surface area contributed by atoms with Crippen molar-refractivity contribution in [3.63, 3.8) is 0 Å². The molecule has 0 aliphatic heterocycles. The number of hydrogen-bond donors (Lipinski definition) is 1. The van der Waals surface area contributed by atoms with Crippen molar-refractivity contribution in [3.05, 3.63) is 71.4 Å². The van der Waals surface area contributed by atoms with Crippen molar-refractivity contribution in [1.29, 1.82) is 0 Å². The van der Waals surface area contributed by atoms with Crippen molar-refractivity contribution < 1.29 is 0 Å². The van der Waals surface area contributed by atoms with Crippen LogP contribution in [0.5, 0.6) is 0 Å². The lowest BCUT2D eigenvalue weighted by molar-refractivity contribution is 0.940. The Hall–Kier alpha value is -3.21. The summed E-state index contributed by atoms with van der Waals surface area (Å²) in [4.78, 5) is 9.12. The van der Waals surface area contributed by atoms with Crippen LogP contribution in [-0.4, -0.2) is 19.6 Å². The minimum Gasteiger partial charge on any atom is -0.340 e. The number of rotatable bonds is 4. The van der Waals surface area contributed by atoms with Crippen LogP contribution in [0.4, 0.5) is 11.5 Å². The number of fused-ring (bicyclic) bond motifs is 1. The summed E-state index contributed by atoms with van der Waals surface area (Å²) in [6.07, 6.45) is 1.03. The zero-order valence-electron chi connectivity index (χ0n) is 15.2. The molecule has 0 unspecified atom stereocenters. The summed E-state index contributed by atoms with van der Waals surface area (Å²) in [5.41, 5.74) is 5.42. The van der Waals surface area contributed by atoms with Crippen LogP contribution in [0.1, 0.15) is 23.7 Å². The van der Waals surface area contributed by atoms with Crippen molar-refractivity contribution >= 4 is 17.3 Å². The second kappa shape index (κ2) is 6.59. The maximum Gasteiger partial charge on any atom is 0.254 e. The van der Waals surface area contributed by atoms with E-state index in [0.29, 0.717) is 11.6 Å². The van der Waals surface area contributed by atoms with Crippen LogP contribution in [0.15, 0.2) is 54.6 Å². The molecular formula is C21H21N5. The molecule has 26 heavy (non-hydrogen) atoms. The van der Waals surface area contributed by atoms with E-state index in [1.807, 2.05) is 25.1 Å². The number of aryl methyl sites for hydroxylation is 3. The van der Waals surface area contributed by atoms with Gasteiger partial charge in [-0.15, -0.1) is 5.10 Å². The summed E-state index contributed by atoms with van der Waals surface area (Å²) in [6.45, 7) is 6.18. The smallest absolute Gasteiger partial charge is 0.254 e. The molecule has 130 valence electrons. The molecule has 0 radical (unpaired) electrons. The van der Waals surface area contributed by atoms with E-state index in [-0.39, 0.29) is 0 Å². The summed E-state index contributed by atoms with van der Waals surface area (Å²) in [6, 6.07) is 18.6. The van der Waals surface area contributed by atoms with Gasteiger partial charge in [-0.25, -0.2) is 4.98 Å². The lowest BCUT2D eigenvalue weighted by atomic mass is 10.1. The second-order valence-corrected chi connectivity index (χ2v) is 6.47. The van der Waals surface area contributed by atoms with E-state index in [1.54, 1.807) is 4.52 Å². The SMILES string of the molecule is CCc1ccc(Nc2cc(C)nc3nc(-c4ccc(C)cc4)nn23)cc1. The number of aromatic nitrogens is 4. The van der Waals surface area contributed by atoms with Crippen molar-refractivity contribution in [1.82, 2.24) is 19.6 Å². The third-order valence-electron chi connectivity index (χ3n) is 4.38. The Labute approximate surface area is 152 Å². The largest absolute Gasteiger partial charge is 0.340 e. The van der Waals surface area contributed by atoms with Crippen molar-refractivity contribution in [2.24, 2.45) is 0 Å². The van der Waals surface area contributed by atoms with Gasteiger partial charge in [0.05, 0.1) is 0 Å². The highest BCUT2D eigenvalue weighted by atomic mass is 15.4. The highest BCUT2D eigenvalue weighted by molar-refractivity contribution is 5.62. The molecule has 4 rings (SSSR count). The number of hydrogen-bond acceptors (Lipinski definition) is 4. The molecule has 0 bridgehead atoms. The summed E-state index contributed by atoms with van der Waals surface area (Å²) in [7, 11) is 0. The third-order valence-corrected chi connectivity index (χ3v) is 4.38. The van der Waals surface area contributed by atoms with E-state index in [4.69, 9.17) is 0 Å². The average Bonchev–Trinajstić information content (AvgIpc) is 3.07. The maximum absolute atomic E-state index is 4.66. The molecule has 0 atom stereocenters. The first-order valence-electron chi connectivity index (χ1n) is 8.80. The summed E-state index contributed by atoms with van der Waals surface area (Å²) >= 11 is 0. The molecule has 0 fully saturated rings. The Morgan fingerprint density at radius 2 is 1.65 bits per heavy atom. The molecule has 0 saturated carbocycles. The monoisotopic (exact) mass is 343 g/mol. The van der Waals surface area contributed by atoms with E-state index in [1.165, 1.54) is 11.1 Å². The molecule has 2 heterocycles. The zero-order valence-corrected chi connectivity index (χ0v) is 15.2. The van der Waals surface area contributed by atoms with Crippen LogP contribution >= 0.6 is 0 Å². The summed E-state index contributed by atoms with van der Waals surface area (Å²) < 4.78 is 1.76. The normalized spacial score (nSPS) is 11.0. The quantitative estimate of drug-likeness (QED) is 0.583. The lowest BCUT2D eigenvalue weighted by Crippen LogP contribution is -2.02. The van der Waals surface area contributed by atoms with E-state index >= 15 is 0 Å². The zero-order chi connectivity index (χ0) is 18.1. The van der Waals surface area contributed by atoms with Crippen LogP contribution in [0.25, 0.3) is 17.2 Å². The molecular weight excluding hydrogens is 322 g/mol. The minimum absolute atomic E-state index is 0.591. The molecule has 4 aromatic rings. The van der Waals surface area contributed by atoms with Gasteiger partial charge in [0.15, 0.2) is 5.82 Å². The molecule has 5 heteroatoms. The predicted molar refractivity (Wildman–Crippen MR) is 105 cm³/mol. The first-order chi connectivity index (χ1) is 12.6. The topological polar surface area (TPSA) is 55.1 Å². The molecule has 0 saturated heterocycles. The highest BCUT2D eigenvalue weighted by Gasteiger charge is 2.11. The molecule has 1 N–H and O–H groups in total. The first kappa shape index (κ1) is 16.3. The summed E-state index contributed by atoms with van der Waals surface area (Å²) in [5.74, 6) is 2.11. The Bertz CT molecular complexity index is 1050. The molecule has 0 aliphatic carbocycles. The Kier molecular flexibility index (Phi) is 4.13. The molecule has 0 spiro atoms. The van der Waals surface area contributed by atoms with E-state index in [0.717, 1.165) is 29.2 Å². The molecule has 0 aliphatic rings. The number of anilines is 2. The number of benzene rings is 2. The third kappa shape index (κ3) is 3.16. The molecule has 2 aromatic heterocycles. The highest BCUT2D eigenvalue weighted by Crippen LogP contribution is 2.22. The van der Waals surface area contributed by atoms with Gasteiger partial charge in [0.25, 0.3) is 5.78 Å². The number of nitrogens with one attached hydrogen (secondary N) is 1. The van der Waals surface area contributed by atoms with E-state index in [2.05, 4.69) is 70.6 Å². The van der Waals surface area contributed by atoms with Crippen LogP contribution in [0, 0.1) is 13.8 Å². The Balaban J connectivity index is 1.75. The fourth-order valence-electron chi connectivity index (χ4n) is 2.87. The van der Waals surface area contributed by atoms with Crippen molar-refractivity contribution in [2.75, 3.05) is 5.32 Å². The fourth-order valence-corrected chi connectivity index (χ4v) is 2.87. The lowest BCUT2D eigenvalue weighted by Gasteiger charge is -2.09. The van der Waals surface area contributed by atoms with Crippen LogP contribution in [0.3, 0.4) is 0 Å². The van der Waals surface area contributed by atoms with Gasteiger partial charge in [-0.05, 0) is 38.0 Å². The van der Waals surface area contributed by atoms with E-state index < -0.39 is 0 Å². The van der Waals surface area contributed by atoms with E-state index in [9.17, 15) is 0 Å². The molecule has 5 nitrogen and oxygen atoms in total. The van der Waals surface area contributed by atoms with Crippen LogP contribution in [0.2, 0.25) is 0 Å². The van der Waals surface area contributed by atoms with Gasteiger partial charge >= 0.3 is 0 Å². The van der Waals surface area contributed by atoms with Gasteiger partial charge < -0.3 is 5.32 Å². The Morgan fingerprint density at radius 3 is 2.35 bits per heavy atom. The van der Waals surface area contributed by atoms with Gasteiger partial charge in [0.2, 0.25) is 0 Å². The first-order valence-corrected chi connectivity index (χ1v) is 8.80.